The molecular weight excluding hydrogens is 262 g/mol. The van der Waals surface area contributed by atoms with Gasteiger partial charge in [-0.3, -0.25) is 0 Å². The van der Waals surface area contributed by atoms with Gasteiger partial charge in [-0.1, -0.05) is 12.5 Å². The molecule has 106 valence electrons. The zero-order valence-electron chi connectivity index (χ0n) is 10.2. The minimum absolute atomic E-state index is 0.114. The minimum atomic E-state index is -4.70. The van der Waals surface area contributed by atoms with Crippen LogP contribution in [0.1, 0.15) is 36.5 Å². The largest absolute Gasteiger partial charge is 0.416 e. The molecule has 1 aromatic rings. The lowest BCUT2D eigenvalue weighted by atomic mass is 9.63. The molecule has 0 spiro atoms. The number of halogens is 4. The number of rotatable bonds is 3. The molecule has 19 heavy (non-hydrogen) atoms. The van der Waals surface area contributed by atoms with Crippen LogP contribution in [-0.2, 0) is 6.18 Å². The van der Waals surface area contributed by atoms with Gasteiger partial charge in [0.1, 0.15) is 5.82 Å². The second-order valence-electron chi connectivity index (χ2n) is 5.05. The molecule has 0 aliphatic heterocycles. The number of nitrogens with two attached hydrogens (primary N) is 1. The van der Waals surface area contributed by atoms with Crippen molar-refractivity contribution < 1.29 is 22.7 Å². The topological polar surface area (TPSA) is 46.2 Å². The maximum Gasteiger partial charge on any atom is 0.416 e. The van der Waals surface area contributed by atoms with E-state index in [9.17, 15) is 22.7 Å². The summed E-state index contributed by atoms with van der Waals surface area (Å²) in [5.74, 6) is -0.973. The summed E-state index contributed by atoms with van der Waals surface area (Å²) in [6.07, 6.45) is -4.02. The van der Waals surface area contributed by atoms with Gasteiger partial charge < -0.3 is 10.8 Å². The van der Waals surface area contributed by atoms with Crippen LogP contribution in [0.4, 0.5) is 17.6 Å². The third kappa shape index (κ3) is 2.47. The second-order valence-corrected chi connectivity index (χ2v) is 5.05. The number of aliphatic hydroxyl groups is 1. The highest BCUT2D eigenvalue weighted by Gasteiger charge is 2.46. The van der Waals surface area contributed by atoms with Crippen LogP contribution < -0.4 is 5.73 Å². The van der Waals surface area contributed by atoms with E-state index in [2.05, 4.69) is 0 Å². The van der Waals surface area contributed by atoms with E-state index < -0.39 is 29.1 Å². The van der Waals surface area contributed by atoms with E-state index in [1.54, 1.807) is 0 Å². The van der Waals surface area contributed by atoms with E-state index in [4.69, 9.17) is 5.73 Å². The number of alkyl halides is 3. The average molecular weight is 277 g/mol. The van der Waals surface area contributed by atoms with Crippen molar-refractivity contribution >= 4 is 0 Å². The lowest BCUT2D eigenvalue weighted by Crippen LogP contribution is -2.43. The highest BCUT2D eigenvalue weighted by molar-refractivity contribution is 5.34. The van der Waals surface area contributed by atoms with Crippen LogP contribution in [0.15, 0.2) is 18.2 Å². The van der Waals surface area contributed by atoms with Crippen LogP contribution in [0.3, 0.4) is 0 Å². The molecule has 1 fully saturated rings. The smallest absolute Gasteiger partial charge is 0.388 e. The van der Waals surface area contributed by atoms with Crippen LogP contribution in [0.25, 0.3) is 0 Å². The van der Waals surface area contributed by atoms with Crippen molar-refractivity contribution in [1.29, 1.82) is 0 Å². The molecule has 0 aromatic heterocycles. The molecule has 0 bridgehead atoms. The third-order valence-electron chi connectivity index (χ3n) is 3.95. The Labute approximate surface area is 108 Å². The van der Waals surface area contributed by atoms with Crippen molar-refractivity contribution in [1.82, 2.24) is 0 Å². The first-order valence-corrected chi connectivity index (χ1v) is 6.05. The molecule has 0 heterocycles. The van der Waals surface area contributed by atoms with Gasteiger partial charge in [-0.2, -0.15) is 13.2 Å². The third-order valence-corrected chi connectivity index (χ3v) is 3.95. The summed E-state index contributed by atoms with van der Waals surface area (Å²) in [6.45, 7) is 0.114. The highest BCUT2D eigenvalue weighted by Crippen LogP contribution is 2.51. The van der Waals surface area contributed by atoms with Crippen molar-refractivity contribution in [2.45, 2.75) is 31.5 Å². The van der Waals surface area contributed by atoms with Gasteiger partial charge in [-0.25, -0.2) is 4.39 Å². The van der Waals surface area contributed by atoms with Crippen molar-refractivity contribution in [2.24, 2.45) is 11.1 Å². The van der Waals surface area contributed by atoms with Crippen molar-refractivity contribution in [3.63, 3.8) is 0 Å². The van der Waals surface area contributed by atoms with Gasteiger partial charge in [0.25, 0.3) is 0 Å². The van der Waals surface area contributed by atoms with Gasteiger partial charge in [0.2, 0.25) is 0 Å². The van der Waals surface area contributed by atoms with Crippen LogP contribution in [0.5, 0.6) is 0 Å². The molecule has 6 heteroatoms. The van der Waals surface area contributed by atoms with E-state index in [1.165, 1.54) is 0 Å². The van der Waals surface area contributed by atoms with E-state index >= 15 is 0 Å². The minimum Gasteiger partial charge on any atom is -0.388 e. The Morgan fingerprint density at radius 1 is 1.32 bits per heavy atom. The Morgan fingerprint density at radius 3 is 2.37 bits per heavy atom. The fourth-order valence-electron chi connectivity index (χ4n) is 2.56. The number of benzene rings is 1. The molecule has 0 radical (unpaired) electrons. The maximum absolute atomic E-state index is 13.0. The molecule has 1 saturated carbocycles. The van der Waals surface area contributed by atoms with Gasteiger partial charge in [-0.05, 0) is 30.5 Å². The molecule has 1 aromatic carbocycles. The molecule has 2 nitrogen and oxygen atoms in total. The predicted molar refractivity (Wildman–Crippen MR) is 61.7 cm³/mol. The highest BCUT2D eigenvalue weighted by atomic mass is 19.4. The Bertz CT molecular complexity index is 463. The predicted octanol–water partition coefficient (Wildman–Crippen LogP) is 3.01. The van der Waals surface area contributed by atoms with Crippen LogP contribution in [0.2, 0.25) is 0 Å². The van der Waals surface area contributed by atoms with Gasteiger partial charge >= 0.3 is 6.18 Å². The molecule has 0 saturated heterocycles. The van der Waals surface area contributed by atoms with Crippen LogP contribution in [-0.4, -0.2) is 11.7 Å². The zero-order valence-corrected chi connectivity index (χ0v) is 10.2. The Balaban J connectivity index is 2.44. The first-order chi connectivity index (χ1) is 8.80. The molecule has 1 atom stereocenters. The van der Waals surface area contributed by atoms with E-state index in [0.29, 0.717) is 18.9 Å². The standard InChI is InChI=1S/C13H15F4NO/c14-8-2-3-9(10(6-8)13(15,16)17)11(19)12(7-18)4-1-5-12/h2-3,6,11,19H,1,4-5,7,18H2. The quantitative estimate of drug-likeness (QED) is 0.834. The van der Waals surface area contributed by atoms with Crippen molar-refractivity contribution in [2.75, 3.05) is 6.54 Å². The van der Waals surface area contributed by atoms with E-state index in [0.717, 1.165) is 18.6 Å². The first-order valence-electron chi connectivity index (χ1n) is 6.05. The fraction of sp³-hybridized carbons (Fsp3) is 0.538. The summed E-state index contributed by atoms with van der Waals surface area (Å²) < 4.78 is 51.7. The maximum atomic E-state index is 13.0. The molecule has 1 unspecified atom stereocenters. The normalized spacial score (nSPS) is 19.9. The second kappa shape index (κ2) is 4.76. The molecular formula is C13H15F4NO. The van der Waals surface area contributed by atoms with Crippen molar-refractivity contribution in [3.8, 4) is 0 Å². The SMILES string of the molecule is NCC1(C(O)c2ccc(F)cc2C(F)(F)F)CCC1. The lowest BCUT2D eigenvalue weighted by Gasteiger charge is -2.45. The molecule has 3 N–H and O–H groups in total. The summed E-state index contributed by atoms with van der Waals surface area (Å²) in [4.78, 5) is 0. The van der Waals surface area contributed by atoms with Gasteiger partial charge in [0.05, 0.1) is 11.7 Å². The van der Waals surface area contributed by atoms with Crippen molar-refractivity contribution in [3.05, 3.63) is 35.1 Å². The van der Waals surface area contributed by atoms with Gasteiger partial charge in [0, 0.05) is 12.0 Å². The monoisotopic (exact) mass is 277 g/mol. The zero-order chi connectivity index (χ0) is 14.3. The summed E-state index contributed by atoms with van der Waals surface area (Å²) in [6, 6.07) is 2.34. The average Bonchev–Trinajstić information content (AvgIpc) is 2.26. The molecule has 0 amide bonds. The van der Waals surface area contributed by atoms with Crippen LogP contribution in [0, 0.1) is 11.2 Å². The van der Waals surface area contributed by atoms with E-state index in [-0.39, 0.29) is 12.1 Å². The van der Waals surface area contributed by atoms with Gasteiger partial charge in [0.15, 0.2) is 0 Å². The molecule has 2 rings (SSSR count). The number of hydrogen-bond acceptors (Lipinski definition) is 2. The molecule has 1 aliphatic rings. The Morgan fingerprint density at radius 2 is 1.95 bits per heavy atom. The number of aliphatic hydroxyl groups excluding tert-OH is 1. The number of hydrogen-bond donors (Lipinski definition) is 2. The van der Waals surface area contributed by atoms with E-state index in [1.807, 2.05) is 0 Å². The summed E-state index contributed by atoms with van der Waals surface area (Å²) in [5, 5.41) is 10.2. The van der Waals surface area contributed by atoms with Crippen LogP contribution >= 0.6 is 0 Å². The van der Waals surface area contributed by atoms with Gasteiger partial charge in [-0.15, -0.1) is 0 Å². The Hall–Kier alpha value is -1.14. The summed E-state index contributed by atoms with van der Waals surface area (Å²) >= 11 is 0. The summed E-state index contributed by atoms with van der Waals surface area (Å²) in [7, 11) is 0. The Kier molecular flexibility index (Phi) is 3.57. The summed E-state index contributed by atoms with van der Waals surface area (Å²) in [5.41, 5.74) is 3.45. The lowest BCUT2D eigenvalue weighted by molar-refractivity contribution is -0.141. The molecule has 1 aliphatic carbocycles. The first kappa shape index (κ1) is 14.3. The fourth-order valence-corrected chi connectivity index (χ4v) is 2.56.